The van der Waals surface area contributed by atoms with Crippen LogP contribution in [0.3, 0.4) is 0 Å². The Bertz CT molecular complexity index is 569. The van der Waals surface area contributed by atoms with E-state index in [1.54, 1.807) is 7.05 Å². The number of aliphatic carboxylic acids is 1. The van der Waals surface area contributed by atoms with Gasteiger partial charge in [0.15, 0.2) is 0 Å². The van der Waals surface area contributed by atoms with Crippen LogP contribution in [-0.4, -0.2) is 52.9 Å². The Labute approximate surface area is 156 Å². The Morgan fingerprint density at radius 3 is 2.31 bits per heavy atom. The van der Waals surface area contributed by atoms with Gasteiger partial charge >= 0.3 is 12.0 Å². The van der Waals surface area contributed by atoms with Crippen LogP contribution in [0.1, 0.15) is 45.6 Å². The van der Waals surface area contributed by atoms with Crippen molar-refractivity contribution >= 4 is 12.0 Å². The number of carboxylic acids is 1. The minimum atomic E-state index is -0.883. The van der Waals surface area contributed by atoms with E-state index in [0.29, 0.717) is 19.3 Å². The quantitative estimate of drug-likeness (QED) is 0.628. The van der Waals surface area contributed by atoms with Gasteiger partial charge in [-0.25, -0.2) is 4.79 Å². The number of carbonyl (C=O) groups excluding carboxylic acids is 1. The van der Waals surface area contributed by atoms with Gasteiger partial charge in [0, 0.05) is 19.5 Å². The van der Waals surface area contributed by atoms with E-state index in [-0.39, 0.29) is 36.6 Å². The fourth-order valence-corrected chi connectivity index (χ4v) is 2.89. The predicted molar refractivity (Wildman–Crippen MR) is 102 cm³/mol. The van der Waals surface area contributed by atoms with Crippen molar-refractivity contribution < 1.29 is 19.8 Å². The van der Waals surface area contributed by atoms with Crippen LogP contribution in [0.2, 0.25) is 0 Å². The molecule has 0 heterocycles. The summed E-state index contributed by atoms with van der Waals surface area (Å²) in [7, 11) is 1.67. The molecule has 6 heteroatoms. The molecule has 2 amide bonds. The third kappa shape index (κ3) is 8.34. The Hall–Kier alpha value is -2.08. The van der Waals surface area contributed by atoms with Crippen LogP contribution in [0.15, 0.2) is 30.3 Å². The van der Waals surface area contributed by atoms with E-state index in [0.717, 1.165) is 5.56 Å². The molecule has 2 atom stereocenters. The fourth-order valence-electron chi connectivity index (χ4n) is 2.89. The highest BCUT2D eigenvalue weighted by molar-refractivity contribution is 5.74. The molecule has 0 aliphatic rings. The molecule has 1 aromatic carbocycles. The van der Waals surface area contributed by atoms with Crippen molar-refractivity contribution in [1.29, 1.82) is 0 Å². The summed E-state index contributed by atoms with van der Waals surface area (Å²) in [6, 6.07) is 8.81. The van der Waals surface area contributed by atoms with Crippen LogP contribution >= 0.6 is 0 Å². The molecule has 6 nitrogen and oxygen atoms in total. The summed E-state index contributed by atoms with van der Waals surface area (Å²) in [5, 5.41) is 21.6. The lowest BCUT2D eigenvalue weighted by molar-refractivity contribution is -0.137. The van der Waals surface area contributed by atoms with Gasteiger partial charge in [0.05, 0.1) is 12.6 Å². The minimum absolute atomic E-state index is 0.00703. The van der Waals surface area contributed by atoms with Gasteiger partial charge in [-0.15, -0.1) is 0 Å². The number of hydrogen-bond acceptors (Lipinski definition) is 3. The molecule has 146 valence electrons. The zero-order valence-corrected chi connectivity index (χ0v) is 16.2. The van der Waals surface area contributed by atoms with Gasteiger partial charge in [-0.2, -0.15) is 0 Å². The SMILES string of the molecule is CN(C(=O)NC(CCC(=O)O)Cc1ccccc1)C(CO)CC(C)(C)C. The molecule has 0 saturated heterocycles. The highest BCUT2D eigenvalue weighted by atomic mass is 16.4. The average Bonchev–Trinajstić information content (AvgIpc) is 2.56. The van der Waals surface area contributed by atoms with E-state index < -0.39 is 5.97 Å². The maximum Gasteiger partial charge on any atom is 0.317 e. The Morgan fingerprint density at radius 2 is 1.81 bits per heavy atom. The standard InChI is InChI=1S/C20H32N2O4/c1-20(2,3)13-17(14-23)22(4)19(26)21-16(10-11-18(24)25)12-15-8-6-5-7-9-15/h5-9,16-17,23H,10-14H2,1-4H3,(H,21,26)(H,24,25). The molecular weight excluding hydrogens is 332 g/mol. The van der Waals surface area contributed by atoms with Crippen molar-refractivity contribution in [2.75, 3.05) is 13.7 Å². The van der Waals surface area contributed by atoms with Crippen molar-refractivity contribution in [3.05, 3.63) is 35.9 Å². The average molecular weight is 364 g/mol. The van der Waals surface area contributed by atoms with E-state index in [2.05, 4.69) is 26.1 Å². The van der Waals surface area contributed by atoms with Crippen molar-refractivity contribution in [1.82, 2.24) is 10.2 Å². The minimum Gasteiger partial charge on any atom is -0.481 e. The van der Waals surface area contributed by atoms with Gasteiger partial charge in [0.25, 0.3) is 0 Å². The lowest BCUT2D eigenvalue weighted by Crippen LogP contribution is -2.50. The summed E-state index contributed by atoms with van der Waals surface area (Å²) in [5.74, 6) is -0.883. The van der Waals surface area contributed by atoms with Crippen LogP contribution in [0.25, 0.3) is 0 Å². The number of rotatable bonds is 9. The molecule has 0 saturated carbocycles. The van der Waals surface area contributed by atoms with Gasteiger partial charge in [-0.3, -0.25) is 4.79 Å². The Morgan fingerprint density at radius 1 is 1.19 bits per heavy atom. The number of hydrogen-bond donors (Lipinski definition) is 3. The maximum atomic E-state index is 12.6. The molecule has 0 aliphatic carbocycles. The highest BCUT2D eigenvalue weighted by Gasteiger charge is 2.26. The molecule has 0 fully saturated rings. The number of likely N-dealkylation sites (N-methyl/N-ethyl adjacent to an activating group) is 1. The van der Waals surface area contributed by atoms with Gasteiger partial charge < -0.3 is 20.4 Å². The van der Waals surface area contributed by atoms with E-state index in [4.69, 9.17) is 5.11 Å². The predicted octanol–water partition coefficient (Wildman–Crippen LogP) is 2.90. The fraction of sp³-hybridized carbons (Fsp3) is 0.600. The first-order chi connectivity index (χ1) is 12.1. The van der Waals surface area contributed by atoms with Crippen molar-refractivity contribution in [2.45, 2.75) is 58.5 Å². The van der Waals surface area contributed by atoms with Crippen molar-refractivity contribution in [3.8, 4) is 0 Å². The molecule has 0 spiro atoms. The first-order valence-corrected chi connectivity index (χ1v) is 9.02. The van der Waals surface area contributed by atoms with E-state index >= 15 is 0 Å². The van der Waals surface area contributed by atoms with Crippen LogP contribution in [0, 0.1) is 5.41 Å². The molecule has 2 unspecified atom stereocenters. The number of benzene rings is 1. The monoisotopic (exact) mass is 364 g/mol. The summed E-state index contributed by atoms with van der Waals surface area (Å²) in [6.45, 7) is 6.07. The Balaban J connectivity index is 2.77. The van der Waals surface area contributed by atoms with Crippen LogP contribution in [0.5, 0.6) is 0 Å². The first-order valence-electron chi connectivity index (χ1n) is 9.02. The molecular formula is C20H32N2O4. The third-order valence-corrected chi connectivity index (χ3v) is 4.29. The summed E-state index contributed by atoms with van der Waals surface area (Å²) in [5.41, 5.74) is 1.02. The molecule has 1 rings (SSSR count). The molecule has 1 aromatic rings. The van der Waals surface area contributed by atoms with E-state index in [9.17, 15) is 14.7 Å². The number of aliphatic hydroxyl groups is 1. The summed E-state index contributed by atoms with van der Waals surface area (Å²) < 4.78 is 0. The maximum absolute atomic E-state index is 12.6. The molecule has 0 radical (unpaired) electrons. The third-order valence-electron chi connectivity index (χ3n) is 4.29. The first kappa shape index (κ1) is 22.0. The molecule has 26 heavy (non-hydrogen) atoms. The normalized spacial score (nSPS) is 13.7. The second kappa shape index (κ2) is 10.2. The van der Waals surface area contributed by atoms with Gasteiger partial charge in [0.1, 0.15) is 0 Å². The van der Waals surface area contributed by atoms with Gasteiger partial charge in [0.2, 0.25) is 0 Å². The highest BCUT2D eigenvalue weighted by Crippen LogP contribution is 2.23. The van der Waals surface area contributed by atoms with Crippen molar-refractivity contribution in [2.24, 2.45) is 5.41 Å². The number of aliphatic hydroxyl groups excluding tert-OH is 1. The van der Waals surface area contributed by atoms with Gasteiger partial charge in [-0.1, -0.05) is 51.1 Å². The van der Waals surface area contributed by atoms with E-state index in [1.807, 2.05) is 30.3 Å². The largest absolute Gasteiger partial charge is 0.481 e. The van der Waals surface area contributed by atoms with Gasteiger partial charge in [-0.05, 0) is 30.2 Å². The topological polar surface area (TPSA) is 89.9 Å². The number of carbonyl (C=O) groups is 2. The number of carboxylic acid groups (broad SMARTS) is 1. The number of urea groups is 1. The zero-order valence-electron chi connectivity index (χ0n) is 16.2. The zero-order chi connectivity index (χ0) is 19.7. The Kier molecular flexibility index (Phi) is 8.58. The molecule has 0 bridgehead atoms. The van der Waals surface area contributed by atoms with Crippen LogP contribution < -0.4 is 5.32 Å². The summed E-state index contributed by atoms with van der Waals surface area (Å²) >= 11 is 0. The van der Waals surface area contributed by atoms with Crippen LogP contribution in [0.4, 0.5) is 4.79 Å². The van der Waals surface area contributed by atoms with E-state index in [1.165, 1.54) is 4.90 Å². The number of nitrogens with zero attached hydrogens (tertiary/aromatic N) is 1. The lowest BCUT2D eigenvalue weighted by atomic mass is 9.88. The lowest BCUT2D eigenvalue weighted by Gasteiger charge is -2.33. The molecule has 0 aromatic heterocycles. The summed E-state index contributed by atoms with van der Waals surface area (Å²) in [6.07, 6.45) is 1.59. The second-order valence-electron chi connectivity index (χ2n) is 7.98. The summed E-state index contributed by atoms with van der Waals surface area (Å²) in [4.78, 5) is 25.1. The van der Waals surface area contributed by atoms with Crippen LogP contribution in [-0.2, 0) is 11.2 Å². The number of nitrogens with one attached hydrogen (secondary N) is 1. The second-order valence-corrected chi connectivity index (χ2v) is 7.98. The smallest absolute Gasteiger partial charge is 0.317 e. The molecule has 3 N–H and O–H groups in total. The molecule has 0 aliphatic heterocycles. The van der Waals surface area contributed by atoms with Crippen molar-refractivity contribution in [3.63, 3.8) is 0 Å². The number of amides is 2.